The molecular formula is C28H18F3NO7S2. The first-order valence-corrected chi connectivity index (χ1v) is 14.6. The zero-order chi connectivity index (χ0) is 29.4. The smallest absolute Gasteiger partial charge is 0.416 e. The molecular weight excluding hydrogens is 583 g/mol. The third kappa shape index (κ3) is 5.95. The van der Waals surface area contributed by atoms with Crippen LogP contribution in [0.4, 0.5) is 18.9 Å². The minimum atomic E-state index is -4.78. The molecule has 0 fully saturated rings. The van der Waals surface area contributed by atoms with Gasteiger partial charge in [-0.3, -0.25) is 4.72 Å². The third-order valence-electron chi connectivity index (χ3n) is 5.89. The summed E-state index contributed by atoms with van der Waals surface area (Å²) in [6.07, 6.45) is -4.78. The lowest BCUT2D eigenvalue weighted by molar-refractivity contribution is -0.137. The molecule has 5 rings (SSSR count). The van der Waals surface area contributed by atoms with Gasteiger partial charge in [0, 0.05) is 5.39 Å². The van der Waals surface area contributed by atoms with Gasteiger partial charge in [0.15, 0.2) is 11.3 Å². The van der Waals surface area contributed by atoms with Gasteiger partial charge < -0.3 is 8.60 Å². The Labute approximate surface area is 231 Å². The van der Waals surface area contributed by atoms with Crippen molar-refractivity contribution in [2.75, 3.05) is 4.72 Å². The van der Waals surface area contributed by atoms with Crippen LogP contribution in [0.2, 0.25) is 0 Å². The van der Waals surface area contributed by atoms with Crippen molar-refractivity contribution in [3.8, 4) is 16.9 Å². The highest BCUT2D eigenvalue weighted by molar-refractivity contribution is 7.92. The van der Waals surface area contributed by atoms with Gasteiger partial charge in [0.1, 0.15) is 10.6 Å². The second-order valence-corrected chi connectivity index (χ2v) is 11.9. The molecule has 0 aliphatic heterocycles. The van der Waals surface area contributed by atoms with Gasteiger partial charge in [-0.25, -0.2) is 13.2 Å². The van der Waals surface area contributed by atoms with E-state index in [1.807, 2.05) is 35.1 Å². The maximum absolute atomic E-state index is 13.0. The predicted octanol–water partition coefficient (Wildman–Crippen LogP) is 6.05. The Balaban J connectivity index is 1.43. The van der Waals surface area contributed by atoms with Crippen LogP contribution in [0.3, 0.4) is 0 Å². The Bertz CT molecular complexity index is 2020. The van der Waals surface area contributed by atoms with E-state index in [9.17, 15) is 34.8 Å². The summed E-state index contributed by atoms with van der Waals surface area (Å²) in [4.78, 5) is 11.8. The monoisotopic (exact) mass is 601 g/mol. The molecule has 0 radical (unpaired) electrons. The fourth-order valence-corrected chi connectivity index (χ4v) is 5.93. The lowest BCUT2D eigenvalue weighted by Gasteiger charge is -2.12. The van der Waals surface area contributed by atoms with Crippen LogP contribution in [0.1, 0.15) is 5.56 Å². The fourth-order valence-electron chi connectivity index (χ4n) is 3.91. The van der Waals surface area contributed by atoms with E-state index in [0.29, 0.717) is 12.1 Å². The van der Waals surface area contributed by atoms with Crippen molar-refractivity contribution in [3.05, 3.63) is 119 Å². The largest absolute Gasteiger partial charge is 0.417 e. The summed E-state index contributed by atoms with van der Waals surface area (Å²) in [7, 11) is -9.00. The summed E-state index contributed by atoms with van der Waals surface area (Å²) in [5, 5.41) is 0.0819. The molecule has 4 aromatic carbocycles. The first kappa shape index (κ1) is 27.9. The molecule has 0 saturated heterocycles. The second kappa shape index (κ2) is 10.4. The molecule has 0 aliphatic rings. The van der Waals surface area contributed by atoms with Crippen molar-refractivity contribution in [2.45, 2.75) is 16.0 Å². The number of rotatable bonds is 7. The Morgan fingerprint density at radius 2 is 1.37 bits per heavy atom. The van der Waals surface area contributed by atoms with Crippen molar-refractivity contribution in [1.29, 1.82) is 0 Å². The molecule has 5 aromatic rings. The summed E-state index contributed by atoms with van der Waals surface area (Å²) in [5.74, 6) is -0.334. The van der Waals surface area contributed by atoms with Crippen molar-refractivity contribution in [1.82, 2.24) is 0 Å². The maximum Gasteiger partial charge on any atom is 0.416 e. The molecule has 210 valence electrons. The van der Waals surface area contributed by atoms with E-state index in [4.69, 9.17) is 8.60 Å². The van der Waals surface area contributed by atoms with Gasteiger partial charge in [-0.15, -0.1) is 0 Å². The number of hydrogen-bond acceptors (Lipinski definition) is 7. The number of fused-ring (bicyclic) bond motifs is 1. The number of anilines is 1. The normalized spacial score (nSPS) is 12.3. The molecule has 0 spiro atoms. The zero-order valence-corrected chi connectivity index (χ0v) is 22.3. The van der Waals surface area contributed by atoms with Crippen LogP contribution >= 0.6 is 0 Å². The zero-order valence-electron chi connectivity index (χ0n) is 20.6. The van der Waals surface area contributed by atoms with Gasteiger partial charge in [0.25, 0.3) is 10.0 Å². The average molecular weight is 602 g/mol. The highest BCUT2D eigenvalue weighted by atomic mass is 32.2. The minimum absolute atomic E-state index is 0.0819. The number of alkyl halides is 3. The molecule has 13 heteroatoms. The van der Waals surface area contributed by atoms with Crippen LogP contribution in [0.25, 0.3) is 22.1 Å². The average Bonchev–Trinajstić information content (AvgIpc) is 2.94. The lowest BCUT2D eigenvalue weighted by Crippen LogP contribution is -2.19. The highest BCUT2D eigenvalue weighted by Crippen LogP contribution is 2.32. The van der Waals surface area contributed by atoms with Gasteiger partial charge in [0.2, 0.25) is 0 Å². The number of benzene rings is 4. The van der Waals surface area contributed by atoms with Crippen molar-refractivity contribution >= 4 is 36.8 Å². The molecule has 1 aromatic heterocycles. The Hall–Kier alpha value is -4.62. The second-order valence-electron chi connectivity index (χ2n) is 8.68. The fraction of sp³-hybridized carbons (Fsp3) is 0.0357. The van der Waals surface area contributed by atoms with E-state index < -0.39 is 48.1 Å². The summed E-state index contributed by atoms with van der Waals surface area (Å²) in [6, 6.07) is 23.3. The Kier molecular flexibility index (Phi) is 7.09. The maximum atomic E-state index is 13.0. The number of nitrogens with one attached hydrogen (secondary N) is 1. The van der Waals surface area contributed by atoms with Crippen LogP contribution in [-0.2, 0) is 26.3 Å². The van der Waals surface area contributed by atoms with Gasteiger partial charge in [-0.05, 0) is 53.6 Å². The highest BCUT2D eigenvalue weighted by Gasteiger charge is 2.32. The SMILES string of the molecule is O=c1oc2c(OS(=O)(=O)c3ccc(-c4ccccc4)cc3)cccc2cc1NS(=O)(=O)c1cccc(C(F)(F)F)c1. The summed E-state index contributed by atoms with van der Waals surface area (Å²) < 4.78 is 103. The molecule has 0 unspecified atom stereocenters. The minimum Gasteiger partial charge on any atom is -0.417 e. The van der Waals surface area contributed by atoms with E-state index in [1.165, 1.54) is 30.3 Å². The molecule has 8 nitrogen and oxygen atoms in total. The molecule has 41 heavy (non-hydrogen) atoms. The van der Waals surface area contributed by atoms with Crippen LogP contribution in [0.5, 0.6) is 5.75 Å². The topological polar surface area (TPSA) is 120 Å². The van der Waals surface area contributed by atoms with Crippen LogP contribution in [-0.4, -0.2) is 16.8 Å². The van der Waals surface area contributed by atoms with Crippen molar-refractivity contribution in [3.63, 3.8) is 0 Å². The van der Waals surface area contributed by atoms with E-state index in [0.717, 1.165) is 29.3 Å². The Morgan fingerprint density at radius 1 is 0.707 bits per heavy atom. The van der Waals surface area contributed by atoms with Gasteiger partial charge in [-0.2, -0.15) is 21.6 Å². The molecule has 0 amide bonds. The first-order valence-electron chi connectivity index (χ1n) is 11.7. The Morgan fingerprint density at radius 3 is 2.05 bits per heavy atom. The molecule has 1 heterocycles. The summed E-state index contributed by atoms with van der Waals surface area (Å²) in [6.45, 7) is 0. The van der Waals surface area contributed by atoms with Crippen molar-refractivity contribution in [2.24, 2.45) is 0 Å². The quantitative estimate of drug-likeness (QED) is 0.178. The van der Waals surface area contributed by atoms with Crippen LogP contribution in [0.15, 0.2) is 122 Å². The van der Waals surface area contributed by atoms with E-state index in [-0.39, 0.29) is 21.6 Å². The van der Waals surface area contributed by atoms with E-state index >= 15 is 0 Å². The number of halogens is 3. The number of sulfonamides is 1. The molecule has 1 N–H and O–H groups in total. The van der Waals surface area contributed by atoms with Gasteiger partial charge in [0.05, 0.1) is 10.5 Å². The molecule has 0 aliphatic carbocycles. The summed E-state index contributed by atoms with van der Waals surface area (Å²) >= 11 is 0. The van der Waals surface area contributed by atoms with Crippen LogP contribution < -0.4 is 14.5 Å². The van der Waals surface area contributed by atoms with Crippen LogP contribution in [0, 0.1) is 0 Å². The van der Waals surface area contributed by atoms with E-state index in [2.05, 4.69) is 0 Å². The number of hydrogen-bond donors (Lipinski definition) is 1. The molecule has 0 saturated carbocycles. The molecule has 0 atom stereocenters. The van der Waals surface area contributed by atoms with Gasteiger partial charge >= 0.3 is 21.9 Å². The van der Waals surface area contributed by atoms with Gasteiger partial charge in [-0.1, -0.05) is 60.7 Å². The summed E-state index contributed by atoms with van der Waals surface area (Å²) in [5.41, 5.74) is -1.65. The predicted molar refractivity (Wildman–Crippen MR) is 144 cm³/mol. The standard InChI is InChI=1S/C28H18F3NO7S2/c29-28(30,31)21-9-5-10-23(17-21)40(34,35)32-24-16-20-8-4-11-25(26(20)38-27(24)33)39-41(36,37)22-14-12-19(13-15-22)18-6-2-1-3-7-18/h1-17,32H. The van der Waals surface area contributed by atoms with E-state index in [1.54, 1.807) is 12.1 Å². The third-order valence-corrected chi connectivity index (χ3v) is 8.50. The van der Waals surface area contributed by atoms with Crippen molar-refractivity contribution < 1.29 is 38.6 Å². The number of para-hydroxylation sites is 1. The molecule has 0 bridgehead atoms. The lowest BCUT2D eigenvalue weighted by atomic mass is 10.1. The first-order chi connectivity index (χ1) is 19.3.